The minimum absolute atomic E-state index is 0.0210. The molecule has 5 heteroatoms. The van der Waals surface area contributed by atoms with Crippen LogP contribution in [0.3, 0.4) is 0 Å². The van der Waals surface area contributed by atoms with Crippen molar-refractivity contribution in [3.63, 3.8) is 0 Å². The van der Waals surface area contributed by atoms with Crippen molar-refractivity contribution in [2.75, 3.05) is 32.9 Å². The van der Waals surface area contributed by atoms with Crippen LogP contribution >= 0.6 is 0 Å². The highest BCUT2D eigenvalue weighted by Gasteiger charge is 2.17. The Morgan fingerprint density at radius 1 is 1.45 bits per heavy atom. The highest BCUT2D eigenvalue weighted by atomic mass is 16.5. The van der Waals surface area contributed by atoms with Gasteiger partial charge in [-0.25, -0.2) is 0 Å². The first-order valence-corrected chi connectivity index (χ1v) is 6.85. The molecule has 1 fully saturated rings. The van der Waals surface area contributed by atoms with Gasteiger partial charge in [-0.1, -0.05) is 6.07 Å². The first kappa shape index (κ1) is 14.8. The number of amides is 1. The number of morpholine rings is 1. The van der Waals surface area contributed by atoms with Crippen LogP contribution in [0.1, 0.15) is 24.2 Å². The second-order valence-electron chi connectivity index (χ2n) is 4.98. The van der Waals surface area contributed by atoms with Crippen molar-refractivity contribution in [2.45, 2.75) is 20.0 Å². The molecule has 1 aromatic carbocycles. The Kier molecular flexibility index (Phi) is 4.98. The molecule has 1 amide bonds. The number of benzene rings is 1. The largest absolute Gasteiger partial charge is 0.484 e. The molecule has 1 saturated heterocycles. The van der Waals surface area contributed by atoms with Crippen molar-refractivity contribution in [2.24, 2.45) is 0 Å². The van der Waals surface area contributed by atoms with E-state index < -0.39 is 6.10 Å². The van der Waals surface area contributed by atoms with Gasteiger partial charge in [0.05, 0.1) is 19.3 Å². The molecule has 1 atom stereocenters. The van der Waals surface area contributed by atoms with Gasteiger partial charge in [-0.05, 0) is 37.1 Å². The van der Waals surface area contributed by atoms with Crippen molar-refractivity contribution in [3.8, 4) is 5.75 Å². The molecule has 1 aliphatic heterocycles. The number of aliphatic hydroxyl groups excluding tert-OH is 1. The van der Waals surface area contributed by atoms with Crippen LogP contribution in [-0.4, -0.2) is 48.8 Å². The topological polar surface area (TPSA) is 59.0 Å². The van der Waals surface area contributed by atoms with Crippen LogP contribution in [0, 0.1) is 6.92 Å². The normalized spacial score (nSPS) is 16.9. The number of hydrogen-bond donors (Lipinski definition) is 1. The van der Waals surface area contributed by atoms with Crippen molar-refractivity contribution in [3.05, 3.63) is 29.3 Å². The van der Waals surface area contributed by atoms with Gasteiger partial charge < -0.3 is 19.5 Å². The van der Waals surface area contributed by atoms with Crippen molar-refractivity contribution in [1.29, 1.82) is 0 Å². The molecule has 0 radical (unpaired) electrons. The molecule has 0 spiro atoms. The fourth-order valence-corrected chi connectivity index (χ4v) is 2.14. The van der Waals surface area contributed by atoms with Crippen LogP contribution in [0.15, 0.2) is 18.2 Å². The molecule has 1 unspecified atom stereocenters. The standard InChI is InChI=1S/C15H21NO4/c1-11-9-13(12(2)17)3-4-14(11)20-10-15(18)16-5-7-19-8-6-16/h3-4,9,12,17H,5-8,10H2,1-2H3. The first-order valence-electron chi connectivity index (χ1n) is 6.85. The van der Waals surface area contributed by atoms with Crippen molar-refractivity contribution in [1.82, 2.24) is 4.90 Å². The number of aliphatic hydroxyl groups is 1. The fourth-order valence-electron chi connectivity index (χ4n) is 2.14. The molecule has 2 rings (SSSR count). The Balaban J connectivity index is 1.91. The van der Waals surface area contributed by atoms with Gasteiger partial charge >= 0.3 is 0 Å². The number of ether oxygens (including phenoxy) is 2. The Labute approximate surface area is 119 Å². The maximum atomic E-state index is 12.0. The van der Waals surface area contributed by atoms with E-state index in [2.05, 4.69) is 0 Å². The number of carbonyl (C=O) groups is 1. The zero-order valence-electron chi connectivity index (χ0n) is 12.0. The average molecular weight is 279 g/mol. The number of nitrogens with zero attached hydrogens (tertiary/aromatic N) is 1. The van der Waals surface area contributed by atoms with E-state index in [-0.39, 0.29) is 12.5 Å². The molecular weight excluding hydrogens is 258 g/mol. The van der Waals surface area contributed by atoms with E-state index in [1.54, 1.807) is 17.9 Å². The Morgan fingerprint density at radius 3 is 2.75 bits per heavy atom. The van der Waals surface area contributed by atoms with E-state index >= 15 is 0 Å². The summed E-state index contributed by atoms with van der Waals surface area (Å²) in [6.45, 7) is 6.10. The van der Waals surface area contributed by atoms with Crippen LogP contribution in [0.4, 0.5) is 0 Å². The summed E-state index contributed by atoms with van der Waals surface area (Å²) in [6, 6.07) is 5.48. The van der Waals surface area contributed by atoms with Crippen LogP contribution in [0.25, 0.3) is 0 Å². The molecule has 0 bridgehead atoms. The second-order valence-corrected chi connectivity index (χ2v) is 4.98. The number of hydrogen-bond acceptors (Lipinski definition) is 4. The predicted octanol–water partition coefficient (Wildman–Crippen LogP) is 1.29. The van der Waals surface area contributed by atoms with E-state index in [1.165, 1.54) is 0 Å². The van der Waals surface area contributed by atoms with Gasteiger partial charge in [0.1, 0.15) is 5.75 Å². The number of carbonyl (C=O) groups excluding carboxylic acids is 1. The van der Waals surface area contributed by atoms with Gasteiger partial charge in [0.2, 0.25) is 0 Å². The van der Waals surface area contributed by atoms with E-state index in [1.807, 2.05) is 19.1 Å². The third-order valence-corrected chi connectivity index (χ3v) is 3.40. The Hall–Kier alpha value is -1.59. The van der Waals surface area contributed by atoms with Gasteiger partial charge in [-0.3, -0.25) is 4.79 Å². The van der Waals surface area contributed by atoms with Gasteiger partial charge in [-0.2, -0.15) is 0 Å². The summed E-state index contributed by atoms with van der Waals surface area (Å²) < 4.78 is 10.8. The van der Waals surface area contributed by atoms with Crippen molar-refractivity contribution < 1.29 is 19.4 Å². The lowest BCUT2D eigenvalue weighted by atomic mass is 10.1. The second kappa shape index (κ2) is 6.72. The Bertz CT molecular complexity index is 467. The lowest BCUT2D eigenvalue weighted by Crippen LogP contribution is -2.43. The highest BCUT2D eigenvalue weighted by Crippen LogP contribution is 2.22. The van der Waals surface area contributed by atoms with E-state index in [9.17, 15) is 9.90 Å². The van der Waals surface area contributed by atoms with Gasteiger partial charge in [0, 0.05) is 13.1 Å². The van der Waals surface area contributed by atoms with Crippen LogP contribution < -0.4 is 4.74 Å². The van der Waals surface area contributed by atoms with Crippen LogP contribution in [0.5, 0.6) is 5.75 Å². The minimum atomic E-state index is -0.502. The molecule has 20 heavy (non-hydrogen) atoms. The molecule has 0 aliphatic carbocycles. The van der Waals surface area contributed by atoms with Gasteiger partial charge in [-0.15, -0.1) is 0 Å². The minimum Gasteiger partial charge on any atom is -0.484 e. The molecule has 5 nitrogen and oxygen atoms in total. The lowest BCUT2D eigenvalue weighted by molar-refractivity contribution is -0.137. The number of rotatable bonds is 4. The quantitative estimate of drug-likeness (QED) is 0.902. The molecule has 1 heterocycles. The first-order chi connectivity index (χ1) is 9.58. The smallest absolute Gasteiger partial charge is 0.260 e. The summed E-state index contributed by atoms with van der Waals surface area (Å²) in [7, 11) is 0. The summed E-state index contributed by atoms with van der Waals surface area (Å²) in [4.78, 5) is 13.7. The molecule has 1 aliphatic rings. The van der Waals surface area contributed by atoms with Gasteiger partial charge in [0.25, 0.3) is 5.91 Å². The monoisotopic (exact) mass is 279 g/mol. The van der Waals surface area contributed by atoms with E-state index in [0.717, 1.165) is 11.1 Å². The highest BCUT2D eigenvalue weighted by molar-refractivity contribution is 5.77. The maximum absolute atomic E-state index is 12.0. The lowest BCUT2D eigenvalue weighted by Gasteiger charge is -2.26. The number of aryl methyl sites for hydroxylation is 1. The van der Waals surface area contributed by atoms with E-state index in [4.69, 9.17) is 9.47 Å². The fraction of sp³-hybridized carbons (Fsp3) is 0.533. The summed E-state index contributed by atoms with van der Waals surface area (Å²) >= 11 is 0. The third kappa shape index (κ3) is 3.71. The molecule has 0 saturated carbocycles. The zero-order valence-corrected chi connectivity index (χ0v) is 12.0. The maximum Gasteiger partial charge on any atom is 0.260 e. The summed E-state index contributed by atoms with van der Waals surface area (Å²) in [5.41, 5.74) is 1.76. The summed E-state index contributed by atoms with van der Waals surface area (Å²) in [5.74, 6) is 0.656. The Morgan fingerprint density at radius 2 is 2.15 bits per heavy atom. The van der Waals surface area contributed by atoms with Crippen LogP contribution in [0.2, 0.25) is 0 Å². The SMILES string of the molecule is Cc1cc(C(C)O)ccc1OCC(=O)N1CCOCC1. The third-order valence-electron chi connectivity index (χ3n) is 3.40. The summed E-state index contributed by atoms with van der Waals surface area (Å²) in [5, 5.41) is 9.51. The van der Waals surface area contributed by atoms with Crippen LogP contribution in [-0.2, 0) is 9.53 Å². The van der Waals surface area contributed by atoms with Crippen molar-refractivity contribution >= 4 is 5.91 Å². The molecule has 1 aromatic rings. The molecule has 110 valence electrons. The molecule has 0 aromatic heterocycles. The molecule has 1 N–H and O–H groups in total. The average Bonchev–Trinajstić information content (AvgIpc) is 2.46. The van der Waals surface area contributed by atoms with E-state index in [0.29, 0.717) is 32.1 Å². The zero-order chi connectivity index (χ0) is 14.5. The molecular formula is C15H21NO4. The summed E-state index contributed by atoms with van der Waals surface area (Å²) in [6.07, 6.45) is -0.502. The van der Waals surface area contributed by atoms with Gasteiger partial charge in [0.15, 0.2) is 6.61 Å². The predicted molar refractivity (Wildman–Crippen MR) is 74.7 cm³/mol.